The fourth-order valence-corrected chi connectivity index (χ4v) is 0.451. The third-order valence-electron chi connectivity index (χ3n) is 0.876. The maximum Gasteiger partial charge on any atom is 0.241 e. The molecule has 0 rings (SSSR count). The van der Waals surface area contributed by atoms with Gasteiger partial charge in [0.1, 0.15) is 6.17 Å². The molecule has 9 heavy (non-hydrogen) atoms. The van der Waals surface area contributed by atoms with E-state index in [-0.39, 0.29) is 13.0 Å². The van der Waals surface area contributed by atoms with Crippen LogP contribution in [0.15, 0.2) is 0 Å². The van der Waals surface area contributed by atoms with E-state index in [2.05, 4.69) is 0 Å². The minimum atomic E-state index is -2.61. The zero-order valence-corrected chi connectivity index (χ0v) is 4.86. The monoisotopic (exact) mass is 142 g/mol. The first kappa shape index (κ1) is 8.75. The third kappa shape index (κ3) is 5.62. The van der Waals surface area contributed by atoms with Gasteiger partial charge in [-0.25, -0.2) is 13.2 Å². The van der Waals surface area contributed by atoms with Crippen LogP contribution >= 0.6 is 0 Å². The highest BCUT2D eigenvalue weighted by molar-refractivity contribution is 4.55. The lowest BCUT2D eigenvalue weighted by molar-refractivity contribution is 0.0900. The van der Waals surface area contributed by atoms with Crippen LogP contribution in [0.3, 0.4) is 0 Å². The molecule has 0 aromatic heterocycles. The highest BCUT2D eigenvalue weighted by Crippen LogP contribution is 2.09. The van der Waals surface area contributed by atoms with Crippen molar-refractivity contribution in [1.82, 2.24) is 0 Å². The van der Waals surface area contributed by atoms with E-state index < -0.39 is 19.0 Å². The van der Waals surface area contributed by atoms with Crippen molar-refractivity contribution >= 4 is 0 Å². The van der Waals surface area contributed by atoms with Crippen molar-refractivity contribution in [2.75, 3.05) is 6.61 Å². The van der Waals surface area contributed by atoms with Gasteiger partial charge in [-0.15, -0.1) is 0 Å². The maximum absolute atomic E-state index is 12.0. The number of hydrogen-bond donors (Lipinski definition) is 1. The summed E-state index contributed by atoms with van der Waals surface area (Å²) >= 11 is 0. The molecule has 0 aliphatic rings. The summed E-state index contributed by atoms with van der Waals surface area (Å²) in [6, 6.07) is 0. The fourth-order valence-electron chi connectivity index (χ4n) is 0.451. The molecule has 0 aromatic rings. The van der Waals surface area contributed by atoms with Crippen molar-refractivity contribution in [3.63, 3.8) is 0 Å². The molecule has 0 aliphatic carbocycles. The predicted octanol–water partition coefficient (Wildman–Crippen LogP) is 1.36. The molecule has 0 aromatic carbocycles. The normalized spacial score (nSPS) is 14.3. The Balaban J connectivity index is 3.15. The Hall–Kier alpha value is -0.250. The van der Waals surface area contributed by atoms with E-state index in [1.807, 2.05) is 0 Å². The zero-order chi connectivity index (χ0) is 7.28. The van der Waals surface area contributed by atoms with E-state index in [1.54, 1.807) is 0 Å². The molecule has 4 heteroatoms. The number of rotatable bonds is 4. The maximum atomic E-state index is 12.0. The Morgan fingerprint density at radius 3 is 2.11 bits per heavy atom. The van der Waals surface area contributed by atoms with Gasteiger partial charge in [0.05, 0.1) is 0 Å². The smallest absolute Gasteiger partial charge is 0.241 e. The largest absolute Gasteiger partial charge is 0.396 e. The molecule has 0 bridgehead atoms. The lowest BCUT2D eigenvalue weighted by Crippen LogP contribution is -2.07. The van der Waals surface area contributed by atoms with E-state index in [0.717, 1.165) is 0 Å². The lowest BCUT2D eigenvalue weighted by Gasteiger charge is -2.03. The number of alkyl halides is 3. The molecule has 0 radical (unpaired) electrons. The van der Waals surface area contributed by atoms with E-state index in [4.69, 9.17) is 5.11 Å². The molecule has 0 fully saturated rings. The minimum Gasteiger partial charge on any atom is -0.396 e. The number of aliphatic hydroxyl groups is 1. The standard InChI is InChI=1S/C5H9F3O/c6-4(1-2-9)3-5(7)8/h4-5,9H,1-3H2. The molecular formula is C5H9F3O. The summed E-state index contributed by atoms with van der Waals surface area (Å²) < 4.78 is 34.6. The van der Waals surface area contributed by atoms with Crippen LogP contribution in [0.4, 0.5) is 13.2 Å². The first-order valence-corrected chi connectivity index (χ1v) is 2.70. The molecule has 0 amide bonds. The van der Waals surface area contributed by atoms with Crippen LogP contribution in [-0.4, -0.2) is 24.3 Å². The summed E-state index contributed by atoms with van der Waals surface area (Å²) in [7, 11) is 0. The van der Waals surface area contributed by atoms with Crippen LogP contribution in [-0.2, 0) is 0 Å². The Morgan fingerprint density at radius 2 is 1.78 bits per heavy atom. The van der Waals surface area contributed by atoms with Crippen molar-refractivity contribution in [2.24, 2.45) is 0 Å². The van der Waals surface area contributed by atoms with E-state index >= 15 is 0 Å². The summed E-state index contributed by atoms with van der Waals surface area (Å²) in [6.07, 6.45) is -5.12. The Morgan fingerprint density at radius 1 is 1.22 bits per heavy atom. The van der Waals surface area contributed by atoms with Crippen LogP contribution in [0.25, 0.3) is 0 Å². The van der Waals surface area contributed by atoms with Crippen molar-refractivity contribution in [1.29, 1.82) is 0 Å². The summed E-state index contributed by atoms with van der Waals surface area (Å²) in [5.41, 5.74) is 0. The first-order valence-electron chi connectivity index (χ1n) is 2.70. The molecule has 1 N–H and O–H groups in total. The molecule has 0 saturated carbocycles. The fraction of sp³-hybridized carbons (Fsp3) is 1.00. The van der Waals surface area contributed by atoms with Crippen molar-refractivity contribution in [3.05, 3.63) is 0 Å². The average Bonchev–Trinajstić information content (AvgIpc) is 1.63. The van der Waals surface area contributed by atoms with Crippen LogP contribution in [0.5, 0.6) is 0 Å². The molecule has 0 heterocycles. The summed E-state index contributed by atoms with van der Waals surface area (Å²) in [6.45, 7) is -0.367. The molecule has 56 valence electrons. The SMILES string of the molecule is OCCC(F)CC(F)F. The van der Waals surface area contributed by atoms with Gasteiger partial charge in [-0.3, -0.25) is 0 Å². The van der Waals surface area contributed by atoms with Crippen molar-refractivity contribution in [2.45, 2.75) is 25.4 Å². The van der Waals surface area contributed by atoms with Gasteiger partial charge in [0.15, 0.2) is 0 Å². The Labute approximate surface area is 51.5 Å². The van der Waals surface area contributed by atoms with Gasteiger partial charge in [-0.1, -0.05) is 0 Å². The highest BCUT2D eigenvalue weighted by atomic mass is 19.3. The van der Waals surface area contributed by atoms with Crippen molar-refractivity contribution < 1.29 is 18.3 Å². The topological polar surface area (TPSA) is 20.2 Å². The van der Waals surface area contributed by atoms with Crippen LogP contribution in [0.1, 0.15) is 12.8 Å². The molecular weight excluding hydrogens is 133 g/mol. The quantitative estimate of drug-likeness (QED) is 0.628. The molecule has 1 unspecified atom stereocenters. The molecule has 1 atom stereocenters. The van der Waals surface area contributed by atoms with Gasteiger partial charge in [-0.2, -0.15) is 0 Å². The number of halogens is 3. The molecule has 0 saturated heterocycles. The van der Waals surface area contributed by atoms with E-state index in [1.165, 1.54) is 0 Å². The number of aliphatic hydroxyl groups excluding tert-OH is 1. The van der Waals surface area contributed by atoms with Crippen LogP contribution < -0.4 is 0 Å². The minimum absolute atomic E-state index is 0.190. The lowest BCUT2D eigenvalue weighted by atomic mass is 10.2. The van der Waals surface area contributed by atoms with Crippen LogP contribution in [0, 0.1) is 0 Å². The second kappa shape index (κ2) is 4.61. The first-order chi connectivity index (χ1) is 4.16. The third-order valence-corrected chi connectivity index (χ3v) is 0.876. The predicted molar refractivity (Wildman–Crippen MR) is 27.2 cm³/mol. The summed E-state index contributed by atoms with van der Waals surface area (Å²) in [4.78, 5) is 0. The van der Waals surface area contributed by atoms with Crippen LogP contribution in [0.2, 0.25) is 0 Å². The van der Waals surface area contributed by atoms with Gasteiger partial charge in [0, 0.05) is 19.4 Å². The van der Waals surface area contributed by atoms with Gasteiger partial charge < -0.3 is 5.11 Å². The van der Waals surface area contributed by atoms with Gasteiger partial charge in [-0.05, 0) is 0 Å². The van der Waals surface area contributed by atoms with Gasteiger partial charge in [0.25, 0.3) is 0 Å². The molecule has 0 spiro atoms. The molecule has 0 aliphatic heterocycles. The Bertz CT molecular complexity index is 67.2. The zero-order valence-electron chi connectivity index (χ0n) is 4.86. The second-order valence-electron chi connectivity index (χ2n) is 1.74. The second-order valence-corrected chi connectivity index (χ2v) is 1.74. The summed E-state index contributed by atoms with van der Waals surface area (Å²) in [5.74, 6) is 0. The highest BCUT2D eigenvalue weighted by Gasteiger charge is 2.12. The van der Waals surface area contributed by atoms with E-state index in [0.29, 0.717) is 0 Å². The number of hydrogen-bond acceptors (Lipinski definition) is 1. The summed E-state index contributed by atoms with van der Waals surface area (Å²) in [5, 5.41) is 8.06. The van der Waals surface area contributed by atoms with Gasteiger partial charge >= 0.3 is 0 Å². The molecule has 1 nitrogen and oxygen atoms in total. The Kier molecular flexibility index (Phi) is 4.48. The van der Waals surface area contributed by atoms with Gasteiger partial charge in [0.2, 0.25) is 6.43 Å². The average molecular weight is 142 g/mol. The van der Waals surface area contributed by atoms with Crippen molar-refractivity contribution in [3.8, 4) is 0 Å². The van der Waals surface area contributed by atoms with E-state index in [9.17, 15) is 13.2 Å².